The van der Waals surface area contributed by atoms with Gasteiger partial charge in [-0.2, -0.15) is 4.90 Å². The summed E-state index contributed by atoms with van der Waals surface area (Å²) in [5.41, 5.74) is 1.18. The van der Waals surface area contributed by atoms with Gasteiger partial charge < -0.3 is 29.8 Å². The first-order valence-electron chi connectivity index (χ1n) is 9.14. The number of cyclic esters (lactones) is 1. The largest absolute Gasteiger partial charge is 0.612 e. The van der Waals surface area contributed by atoms with Crippen molar-refractivity contribution in [1.82, 2.24) is 14.5 Å². The van der Waals surface area contributed by atoms with E-state index >= 15 is 0 Å². The molecule has 1 aromatic heterocycles. The summed E-state index contributed by atoms with van der Waals surface area (Å²) < 4.78 is 6.58. The normalized spacial score (nSPS) is 19.4. The lowest BCUT2D eigenvalue weighted by Crippen LogP contribution is -2.44. The Morgan fingerprint density at radius 2 is 2.10 bits per heavy atom. The van der Waals surface area contributed by atoms with Crippen LogP contribution < -0.4 is 15.8 Å². The van der Waals surface area contributed by atoms with E-state index in [1.165, 1.54) is 10.6 Å². The SMILES string of the molecule is CC[C@@]1(O)C(=O)OCc2c1cc1n(c2=O)Cc2cc3c(=[N+]([O-])[O-])cccc-3[nH]c2-1. The number of aromatic amines is 1. The van der Waals surface area contributed by atoms with Crippen LogP contribution in [0.1, 0.15) is 30.0 Å². The van der Waals surface area contributed by atoms with Gasteiger partial charge in [0.15, 0.2) is 5.60 Å². The third-order valence-corrected chi connectivity index (χ3v) is 5.81. The molecule has 0 unspecified atom stereocenters. The predicted octanol–water partition coefficient (Wildman–Crippen LogP) is 0.732. The topological polar surface area (TPSA) is 133 Å². The lowest BCUT2D eigenvalue weighted by Gasteiger charge is -2.31. The van der Waals surface area contributed by atoms with Crippen molar-refractivity contribution >= 4 is 5.97 Å². The molecule has 1 aromatic rings. The number of ether oxygens (including phenoxy) is 1. The lowest BCUT2D eigenvalue weighted by atomic mass is 9.86. The lowest BCUT2D eigenvalue weighted by molar-refractivity contribution is -0.172. The van der Waals surface area contributed by atoms with Crippen LogP contribution in [-0.2, 0) is 28.3 Å². The summed E-state index contributed by atoms with van der Waals surface area (Å²) in [5.74, 6) is -0.770. The number of benzene rings is 1. The van der Waals surface area contributed by atoms with Gasteiger partial charge in [0.25, 0.3) is 5.56 Å². The number of aliphatic hydroxyl groups is 1. The van der Waals surface area contributed by atoms with Crippen LogP contribution in [0, 0.1) is 10.4 Å². The van der Waals surface area contributed by atoms with Gasteiger partial charge in [0.05, 0.1) is 34.8 Å². The summed E-state index contributed by atoms with van der Waals surface area (Å²) in [6.07, 6.45) is 0.0716. The highest BCUT2D eigenvalue weighted by atomic mass is 16.8. The number of H-pyrrole nitrogens is 1. The third-order valence-electron chi connectivity index (χ3n) is 5.81. The first-order chi connectivity index (χ1) is 13.8. The second-order valence-electron chi connectivity index (χ2n) is 7.27. The summed E-state index contributed by atoms with van der Waals surface area (Å²) in [6.45, 7) is 1.69. The van der Waals surface area contributed by atoms with Gasteiger partial charge in [0.1, 0.15) is 6.61 Å². The van der Waals surface area contributed by atoms with Gasteiger partial charge in [0, 0.05) is 11.6 Å². The van der Waals surface area contributed by atoms with Crippen LogP contribution in [0.3, 0.4) is 0 Å². The van der Waals surface area contributed by atoms with Crippen LogP contribution in [0.5, 0.6) is 0 Å². The van der Waals surface area contributed by atoms with E-state index in [-0.39, 0.29) is 41.6 Å². The van der Waals surface area contributed by atoms with Crippen molar-refractivity contribution in [2.24, 2.45) is 0 Å². The summed E-state index contributed by atoms with van der Waals surface area (Å²) in [4.78, 5) is 28.0. The van der Waals surface area contributed by atoms with E-state index in [9.17, 15) is 25.1 Å². The van der Waals surface area contributed by atoms with Crippen molar-refractivity contribution in [2.45, 2.75) is 32.1 Å². The molecule has 0 spiro atoms. The summed E-state index contributed by atoms with van der Waals surface area (Å²) in [7, 11) is 0. The molecule has 0 radical (unpaired) electrons. The molecule has 4 heterocycles. The molecule has 2 N–H and O–H groups in total. The number of hydrogen-bond acceptors (Lipinski definition) is 6. The molecule has 3 aliphatic heterocycles. The Morgan fingerprint density at radius 1 is 1.31 bits per heavy atom. The molecular formula is C20H16N3O6-. The van der Waals surface area contributed by atoms with Crippen LogP contribution in [0.25, 0.3) is 22.6 Å². The Labute approximate surface area is 163 Å². The molecule has 0 amide bonds. The maximum atomic E-state index is 13.1. The molecular weight excluding hydrogens is 378 g/mol. The highest BCUT2D eigenvalue weighted by Gasteiger charge is 2.45. The Kier molecular flexibility index (Phi) is 3.45. The van der Waals surface area contributed by atoms with E-state index in [1.807, 2.05) is 0 Å². The molecule has 0 saturated heterocycles. The molecule has 0 fully saturated rings. The van der Waals surface area contributed by atoms with Crippen LogP contribution in [0.15, 0.2) is 35.1 Å². The van der Waals surface area contributed by atoms with Crippen molar-refractivity contribution < 1.29 is 14.6 Å². The maximum absolute atomic E-state index is 13.1. The maximum Gasteiger partial charge on any atom is 0.343 e. The first kappa shape index (κ1) is 17.5. The van der Waals surface area contributed by atoms with Crippen LogP contribution in [0.2, 0.25) is 0 Å². The monoisotopic (exact) mass is 394 g/mol. The number of esters is 1. The van der Waals surface area contributed by atoms with Gasteiger partial charge in [-0.05, 0) is 30.2 Å². The predicted molar refractivity (Wildman–Crippen MR) is 102 cm³/mol. The molecule has 148 valence electrons. The minimum Gasteiger partial charge on any atom is -0.612 e. The average molecular weight is 394 g/mol. The fourth-order valence-electron chi connectivity index (χ4n) is 4.22. The highest BCUT2D eigenvalue weighted by molar-refractivity contribution is 5.84. The number of hydrogen-bond donors (Lipinski definition) is 2. The van der Waals surface area contributed by atoms with Crippen molar-refractivity contribution in [3.8, 4) is 22.6 Å². The van der Waals surface area contributed by atoms with Crippen molar-refractivity contribution in [3.63, 3.8) is 0 Å². The van der Waals surface area contributed by atoms with Crippen molar-refractivity contribution in [2.75, 3.05) is 0 Å². The van der Waals surface area contributed by atoms with Gasteiger partial charge in [0.2, 0.25) is 5.36 Å². The minimum absolute atomic E-state index is 0.0245. The molecule has 29 heavy (non-hydrogen) atoms. The van der Waals surface area contributed by atoms with Crippen LogP contribution in [-0.4, -0.2) is 20.6 Å². The fourth-order valence-corrected chi connectivity index (χ4v) is 4.22. The Hall–Kier alpha value is -3.59. The second kappa shape index (κ2) is 5.71. The van der Waals surface area contributed by atoms with Gasteiger partial charge in [-0.25, -0.2) is 4.79 Å². The van der Waals surface area contributed by atoms with Gasteiger partial charge >= 0.3 is 5.97 Å². The zero-order valence-corrected chi connectivity index (χ0v) is 15.4. The summed E-state index contributed by atoms with van der Waals surface area (Å²) in [6, 6.07) is 8.09. The molecule has 5 rings (SSSR count). The van der Waals surface area contributed by atoms with E-state index < -0.39 is 16.5 Å². The summed E-state index contributed by atoms with van der Waals surface area (Å²) in [5, 5.41) is 33.6. The zero-order valence-electron chi connectivity index (χ0n) is 15.4. The zero-order chi connectivity index (χ0) is 20.5. The number of rotatable bonds is 1. The van der Waals surface area contributed by atoms with Gasteiger partial charge in [-0.3, -0.25) is 4.79 Å². The molecule has 9 heteroatoms. The number of carbonyl (C=O) groups excluding carboxylic acids is 1. The Bertz CT molecular complexity index is 1300. The van der Waals surface area contributed by atoms with E-state index in [2.05, 4.69) is 4.98 Å². The van der Waals surface area contributed by atoms with E-state index in [1.54, 1.807) is 31.2 Å². The third kappa shape index (κ3) is 2.21. The number of nitrogens with zero attached hydrogens (tertiary/aromatic N) is 2. The number of fused-ring (bicyclic) bond motifs is 5. The number of aromatic nitrogens is 2. The Balaban J connectivity index is 1.81. The van der Waals surface area contributed by atoms with Crippen LogP contribution in [0.4, 0.5) is 0 Å². The standard InChI is InChI=1S/C20H16N3O6/c1-2-20(26)13-7-16-17-10(8-22(16)18(24)12(13)9-29-19(20)25)6-11-14(21-17)4-3-5-15(11)23(27)28/h3-7,21,26H,2,8-9H2,1H3/q-1/t20-/m0/s1. The quantitative estimate of drug-likeness (QED) is 0.361. The molecule has 9 nitrogen and oxygen atoms in total. The molecule has 1 atom stereocenters. The van der Waals surface area contributed by atoms with E-state index in [0.29, 0.717) is 22.6 Å². The molecule has 0 bridgehead atoms. The summed E-state index contributed by atoms with van der Waals surface area (Å²) >= 11 is 0. The number of carbonyl (C=O) groups is 1. The molecule has 0 saturated carbocycles. The highest BCUT2D eigenvalue weighted by Crippen LogP contribution is 2.38. The fraction of sp³-hybridized carbons (Fsp3) is 0.250. The molecule has 4 aliphatic rings. The smallest absolute Gasteiger partial charge is 0.343 e. The first-order valence-corrected chi connectivity index (χ1v) is 9.14. The molecule has 1 aliphatic carbocycles. The number of pyridine rings is 2. The van der Waals surface area contributed by atoms with E-state index in [0.717, 1.165) is 5.56 Å². The Morgan fingerprint density at radius 3 is 2.83 bits per heavy atom. The van der Waals surface area contributed by atoms with Crippen LogP contribution >= 0.6 is 0 Å². The average Bonchev–Trinajstić information content (AvgIpc) is 3.07. The van der Waals surface area contributed by atoms with Gasteiger partial charge in [-0.1, -0.05) is 13.0 Å². The minimum atomic E-state index is -1.87. The van der Waals surface area contributed by atoms with E-state index in [4.69, 9.17) is 4.74 Å². The van der Waals surface area contributed by atoms with Gasteiger partial charge in [-0.15, -0.1) is 0 Å². The van der Waals surface area contributed by atoms with Crippen molar-refractivity contribution in [1.29, 1.82) is 0 Å². The van der Waals surface area contributed by atoms with Crippen molar-refractivity contribution in [3.05, 3.63) is 73.1 Å². The molecule has 0 aromatic carbocycles. The second-order valence-corrected chi connectivity index (χ2v) is 7.27. The number of nitrogens with one attached hydrogen (secondary N) is 1.